The number of carbonyl (C=O) groups excluding carboxylic acids is 2. The van der Waals surface area contributed by atoms with Gasteiger partial charge in [-0.1, -0.05) is 18.2 Å². The molecule has 0 radical (unpaired) electrons. The second kappa shape index (κ2) is 8.12. The number of rotatable bonds is 7. The molecular weight excluding hydrogens is 254 g/mol. The third kappa shape index (κ3) is 5.67. The van der Waals surface area contributed by atoms with Gasteiger partial charge in [-0.05, 0) is 24.6 Å². The molecule has 1 rings (SSSR count). The van der Waals surface area contributed by atoms with Crippen molar-refractivity contribution in [2.24, 2.45) is 0 Å². The highest BCUT2D eigenvalue weighted by Crippen LogP contribution is 2.17. The first-order valence-electron chi connectivity index (χ1n) is 6.51. The Kier molecular flexibility index (Phi) is 6.46. The van der Waals surface area contributed by atoms with Crippen LogP contribution in [0.1, 0.15) is 25.5 Å². The van der Waals surface area contributed by atoms with Gasteiger partial charge in [0.25, 0.3) is 0 Å². The molecule has 1 unspecified atom stereocenters. The van der Waals surface area contributed by atoms with Crippen LogP contribution in [0.5, 0.6) is 0 Å². The van der Waals surface area contributed by atoms with Crippen LogP contribution in [-0.2, 0) is 9.59 Å². The fourth-order valence-electron chi connectivity index (χ4n) is 1.75. The smallest absolute Gasteiger partial charge is 0.234 e. The van der Waals surface area contributed by atoms with Crippen LogP contribution in [0.15, 0.2) is 36.9 Å². The molecule has 108 valence electrons. The van der Waals surface area contributed by atoms with Crippen LogP contribution in [-0.4, -0.2) is 24.9 Å². The molecule has 0 saturated carbocycles. The van der Waals surface area contributed by atoms with E-state index in [9.17, 15) is 9.59 Å². The Labute approximate surface area is 119 Å². The van der Waals surface area contributed by atoms with Gasteiger partial charge in [-0.25, -0.2) is 0 Å². The lowest BCUT2D eigenvalue weighted by molar-refractivity contribution is -0.120. The molecule has 0 aliphatic rings. The molecule has 0 bridgehead atoms. The van der Waals surface area contributed by atoms with Crippen LogP contribution in [0.3, 0.4) is 0 Å². The maximum atomic E-state index is 11.7. The van der Waals surface area contributed by atoms with E-state index in [4.69, 9.17) is 0 Å². The van der Waals surface area contributed by atoms with Gasteiger partial charge in [0.1, 0.15) is 0 Å². The minimum Gasteiger partial charge on any atom is -0.348 e. The molecule has 1 aromatic rings. The molecule has 0 heterocycles. The Morgan fingerprint density at radius 1 is 1.40 bits per heavy atom. The van der Waals surface area contributed by atoms with E-state index in [2.05, 4.69) is 22.5 Å². The Morgan fingerprint density at radius 3 is 2.80 bits per heavy atom. The molecular formula is C15H21N3O2. The summed E-state index contributed by atoms with van der Waals surface area (Å²) in [4.78, 5) is 22.7. The summed E-state index contributed by atoms with van der Waals surface area (Å²) in [5.41, 5.74) is 1.66. The molecule has 20 heavy (non-hydrogen) atoms. The fraction of sp³-hybridized carbons (Fsp3) is 0.333. The summed E-state index contributed by atoms with van der Waals surface area (Å²) in [7, 11) is 0. The first-order valence-corrected chi connectivity index (χ1v) is 6.51. The zero-order chi connectivity index (χ0) is 15.0. The molecule has 3 N–H and O–H groups in total. The number of benzene rings is 1. The van der Waals surface area contributed by atoms with E-state index in [0.717, 1.165) is 11.3 Å². The zero-order valence-electron chi connectivity index (χ0n) is 11.9. The van der Waals surface area contributed by atoms with Crippen molar-refractivity contribution in [3.05, 3.63) is 42.5 Å². The average Bonchev–Trinajstić information content (AvgIpc) is 2.38. The predicted octanol–water partition coefficient (Wildman–Crippen LogP) is 1.60. The van der Waals surface area contributed by atoms with Crippen molar-refractivity contribution >= 4 is 17.5 Å². The lowest BCUT2D eigenvalue weighted by Gasteiger charge is -2.15. The first kappa shape index (κ1) is 15.9. The molecule has 0 aromatic heterocycles. The predicted molar refractivity (Wildman–Crippen MR) is 80.4 cm³/mol. The molecule has 0 saturated heterocycles. The van der Waals surface area contributed by atoms with Crippen LogP contribution >= 0.6 is 0 Å². The summed E-state index contributed by atoms with van der Waals surface area (Å²) in [6.45, 7) is 7.78. The number of hydrogen-bond donors (Lipinski definition) is 3. The lowest BCUT2D eigenvalue weighted by Crippen LogP contribution is -2.35. The molecule has 0 aliphatic carbocycles. The van der Waals surface area contributed by atoms with Gasteiger partial charge in [0.05, 0.1) is 12.6 Å². The van der Waals surface area contributed by atoms with E-state index in [1.807, 2.05) is 31.2 Å². The van der Waals surface area contributed by atoms with Crippen molar-refractivity contribution in [1.82, 2.24) is 10.6 Å². The Hall–Kier alpha value is -2.14. The summed E-state index contributed by atoms with van der Waals surface area (Å²) in [5, 5.41) is 8.55. The number of carbonyl (C=O) groups is 2. The van der Waals surface area contributed by atoms with Gasteiger partial charge in [0.2, 0.25) is 11.8 Å². The van der Waals surface area contributed by atoms with E-state index in [-0.39, 0.29) is 24.4 Å². The quantitative estimate of drug-likeness (QED) is 0.523. The summed E-state index contributed by atoms with van der Waals surface area (Å²) < 4.78 is 0. The van der Waals surface area contributed by atoms with Gasteiger partial charge in [-0.3, -0.25) is 9.59 Å². The van der Waals surface area contributed by atoms with Crippen LogP contribution < -0.4 is 16.0 Å². The van der Waals surface area contributed by atoms with Crippen molar-refractivity contribution in [2.75, 3.05) is 18.4 Å². The van der Waals surface area contributed by atoms with Gasteiger partial charge in [-0.2, -0.15) is 0 Å². The lowest BCUT2D eigenvalue weighted by atomic mass is 10.1. The van der Waals surface area contributed by atoms with E-state index in [1.165, 1.54) is 6.92 Å². The standard InChI is InChI=1S/C15H21N3O2/c1-4-8-16-10-15(20)17-11(2)13-6-5-7-14(9-13)18-12(3)19/h4-7,9,11,16H,1,8,10H2,2-3H3,(H,17,20)(H,18,19). The summed E-state index contributed by atoms with van der Waals surface area (Å²) in [6, 6.07) is 7.29. The second-order valence-corrected chi connectivity index (χ2v) is 4.52. The summed E-state index contributed by atoms with van der Waals surface area (Å²) >= 11 is 0. The van der Waals surface area contributed by atoms with Crippen molar-refractivity contribution in [1.29, 1.82) is 0 Å². The van der Waals surface area contributed by atoms with Gasteiger partial charge in [0, 0.05) is 19.2 Å². The topological polar surface area (TPSA) is 70.2 Å². The summed E-state index contributed by atoms with van der Waals surface area (Å²) in [6.07, 6.45) is 1.70. The van der Waals surface area contributed by atoms with Crippen LogP contribution in [0.4, 0.5) is 5.69 Å². The van der Waals surface area contributed by atoms with Gasteiger partial charge in [-0.15, -0.1) is 6.58 Å². The Bertz CT molecular complexity index is 486. The van der Waals surface area contributed by atoms with E-state index in [1.54, 1.807) is 6.08 Å². The SMILES string of the molecule is C=CCNCC(=O)NC(C)c1cccc(NC(C)=O)c1. The van der Waals surface area contributed by atoms with Crippen molar-refractivity contribution in [3.8, 4) is 0 Å². The minimum atomic E-state index is -0.123. The van der Waals surface area contributed by atoms with Crippen molar-refractivity contribution < 1.29 is 9.59 Å². The highest BCUT2D eigenvalue weighted by molar-refractivity contribution is 5.88. The number of amides is 2. The van der Waals surface area contributed by atoms with Crippen LogP contribution in [0.2, 0.25) is 0 Å². The molecule has 5 heteroatoms. The normalized spacial score (nSPS) is 11.5. The third-order valence-electron chi connectivity index (χ3n) is 2.66. The fourth-order valence-corrected chi connectivity index (χ4v) is 1.75. The Morgan fingerprint density at radius 2 is 2.15 bits per heavy atom. The Balaban J connectivity index is 2.58. The van der Waals surface area contributed by atoms with E-state index < -0.39 is 0 Å². The number of nitrogens with one attached hydrogen (secondary N) is 3. The van der Waals surface area contributed by atoms with Gasteiger partial charge in [0.15, 0.2) is 0 Å². The van der Waals surface area contributed by atoms with Crippen molar-refractivity contribution in [2.45, 2.75) is 19.9 Å². The molecule has 0 spiro atoms. The van der Waals surface area contributed by atoms with E-state index in [0.29, 0.717) is 6.54 Å². The maximum Gasteiger partial charge on any atom is 0.234 e. The first-order chi connectivity index (χ1) is 9.52. The van der Waals surface area contributed by atoms with Gasteiger partial charge < -0.3 is 16.0 Å². The highest BCUT2D eigenvalue weighted by Gasteiger charge is 2.09. The number of hydrogen-bond acceptors (Lipinski definition) is 3. The molecule has 2 amide bonds. The third-order valence-corrected chi connectivity index (χ3v) is 2.66. The summed E-state index contributed by atoms with van der Waals surface area (Å²) in [5.74, 6) is -0.197. The molecule has 1 aromatic carbocycles. The van der Waals surface area contributed by atoms with E-state index >= 15 is 0 Å². The number of anilines is 1. The second-order valence-electron chi connectivity index (χ2n) is 4.52. The molecule has 5 nitrogen and oxygen atoms in total. The highest BCUT2D eigenvalue weighted by atomic mass is 16.2. The molecule has 0 fully saturated rings. The van der Waals surface area contributed by atoms with Crippen LogP contribution in [0.25, 0.3) is 0 Å². The molecule has 0 aliphatic heterocycles. The largest absolute Gasteiger partial charge is 0.348 e. The zero-order valence-corrected chi connectivity index (χ0v) is 11.9. The minimum absolute atomic E-state index is 0.0794. The van der Waals surface area contributed by atoms with Gasteiger partial charge >= 0.3 is 0 Å². The monoisotopic (exact) mass is 275 g/mol. The van der Waals surface area contributed by atoms with Crippen molar-refractivity contribution in [3.63, 3.8) is 0 Å². The molecule has 1 atom stereocenters. The maximum absolute atomic E-state index is 11.7. The van der Waals surface area contributed by atoms with Crippen LogP contribution in [0, 0.1) is 0 Å². The average molecular weight is 275 g/mol.